The molecule has 10 heteroatoms. The number of alkyl halides is 3. The van der Waals surface area contributed by atoms with Gasteiger partial charge in [0.05, 0.1) is 35.3 Å². The van der Waals surface area contributed by atoms with Gasteiger partial charge in [0.15, 0.2) is 0 Å². The van der Waals surface area contributed by atoms with E-state index in [9.17, 15) is 21.6 Å². The molecular formula is C7H16F3N2O4S+. The Hall–Kier alpha value is -0.870. The summed E-state index contributed by atoms with van der Waals surface area (Å²) in [5.41, 5.74) is 0. The molecule has 0 spiro atoms. The highest BCUT2D eigenvalue weighted by molar-refractivity contribution is 7.80. The molecule has 104 valence electrons. The Morgan fingerprint density at radius 1 is 1.29 bits per heavy atom. The van der Waals surface area contributed by atoms with Crippen LogP contribution in [-0.2, 0) is 14.6 Å². The van der Waals surface area contributed by atoms with Crippen molar-refractivity contribution in [2.45, 2.75) is 6.18 Å². The van der Waals surface area contributed by atoms with Crippen LogP contribution in [0.4, 0.5) is 13.2 Å². The third-order valence-corrected chi connectivity index (χ3v) is 1.73. The first-order valence-electron chi connectivity index (χ1n) is 4.14. The molecule has 0 aliphatic carbocycles. The highest BCUT2D eigenvalue weighted by Crippen LogP contribution is 2.17. The van der Waals surface area contributed by atoms with Gasteiger partial charge >= 0.3 is 22.4 Å². The van der Waals surface area contributed by atoms with Crippen LogP contribution in [0, 0.1) is 0 Å². The molecule has 0 unspecified atom stereocenters. The summed E-state index contributed by atoms with van der Waals surface area (Å²) in [4.78, 5) is 1.04. The van der Waals surface area contributed by atoms with E-state index in [4.69, 9.17) is 4.55 Å². The number of hydrogen-bond donors (Lipinski definition) is 1. The summed E-state index contributed by atoms with van der Waals surface area (Å²) in [6.07, 6.45) is -4.27. The van der Waals surface area contributed by atoms with E-state index in [1.54, 1.807) is 0 Å². The van der Waals surface area contributed by atoms with E-state index >= 15 is 0 Å². The van der Waals surface area contributed by atoms with Gasteiger partial charge in [0.1, 0.15) is 0 Å². The van der Waals surface area contributed by atoms with E-state index in [-0.39, 0.29) is 0 Å². The molecule has 6 nitrogen and oxygen atoms in total. The molecule has 0 bridgehead atoms. The van der Waals surface area contributed by atoms with Crippen molar-refractivity contribution in [2.75, 3.05) is 35.3 Å². The van der Waals surface area contributed by atoms with Gasteiger partial charge in [-0.3, -0.25) is 18.2 Å². The zero-order chi connectivity index (χ0) is 14.4. The van der Waals surface area contributed by atoms with Crippen LogP contribution in [0.15, 0.2) is 0 Å². The molecule has 0 amide bonds. The normalized spacial score (nSPS) is 11.4. The van der Waals surface area contributed by atoms with Gasteiger partial charge in [-0.2, -0.15) is 21.6 Å². The highest BCUT2D eigenvalue weighted by atomic mass is 32.3. The lowest BCUT2D eigenvalue weighted by molar-refractivity contribution is -0.479. The van der Waals surface area contributed by atoms with Gasteiger partial charge in [0, 0.05) is 0 Å². The van der Waals surface area contributed by atoms with Crippen molar-refractivity contribution in [1.82, 2.24) is 4.90 Å². The first-order valence-corrected chi connectivity index (χ1v) is 5.51. The molecule has 17 heavy (non-hydrogen) atoms. The van der Waals surface area contributed by atoms with Gasteiger partial charge in [-0.05, 0) is 0 Å². The second-order valence-corrected chi connectivity index (χ2v) is 4.39. The summed E-state index contributed by atoms with van der Waals surface area (Å²) in [7, 11) is 2.16. The average Bonchev–Trinajstić information content (AvgIpc) is 1.98. The van der Waals surface area contributed by atoms with Crippen LogP contribution < -0.4 is 0 Å². The van der Waals surface area contributed by atoms with Crippen molar-refractivity contribution in [1.29, 1.82) is 0 Å². The first kappa shape index (κ1) is 18.5. The highest BCUT2D eigenvalue weighted by Gasteiger charge is 2.44. The zero-order valence-corrected chi connectivity index (χ0v) is 10.9. The Kier molecular flexibility index (Phi) is 7.36. The van der Waals surface area contributed by atoms with Crippen LogP contribution in [0.1, 0.15) is 0 Å². The number of hydrogen-bond acceptors (Lipinski definition) is 3. The Bertz CT molecular complexity index is 358. The lowest BCUT2D eigenvalue weighted by Gasteiger charge is -2.13. The summed E-state index contributed by atoms with van der Waals surface area (Å²) in [6.45, 7) is 0. The molecule has 0 rings (SSSR count). The number of amidine groups is 1. The summed E-state index contributed by atoms with van der Waals surface area (Å²) in [5.74, 6) is -0.655. The average molecular weight is 281 g/mol. The second-order valence-electron chi connectivity index (χ2n) is 3.20. The van der Waals surface area contributed by atoms with Crippen LogP contribution in [-0.4, -0.2) is 69.8 Å². The van der Waals surface area contributed by atoms with Gasteiger partial charge in [-0.1, -0.05) is 0 Å². The molecule has 1 N–H and O–H groups in total. The molecule has 0 radical (unpaired) electrons. The summed E-state index contributed by atoms with van der Waals surface area (Å²) < 4.78 is 67.1. The molecule has 0 saturated carbocycles. The number of halogens is 3. The largest absolute Gasteiger partial charge is 0.494 e. The van der Waals surface area contributed by atoms with E-state index in [0.717, 1.165) is 16.6 Å². The monoisotopic (exact) mass is 281 g/mol. The third kappa shape index (κ3) is 10.0. The second kappa shape index (κ2) is 6.77. The molecule has 0 saturated heterocycles. The fourth-order valence-corrected chi connectivity index (χ4v) is 0.907. The predicted octanol–water partition coefficient (Wildman–Crippen LogP) is 0.217. The van der Waals surface area contributed by atoms with Crippen molar-refractivity contribution in [3.63, 3.8) is 0 Å². The standard InChI is InChI=1S/C6H12F3N2.CH4O4S/c1-10(2)5(11(3)4)6(7,8)9;1-5-6(2,3)4/h1-4H3;1H3,(H,2,3,4)/q+1;. The quantitative estimate of drug-likeness (QED) is 0.322. The smallest absolute Gasteiger partial charge is 0.264 e. The predicted molar refractivity (Wildman–Crippen MR) is 55.4 cm³/mol. The maximum atomic E-state index is 12.1. The third-order valence-electron chi connectivity index (χ3n) is 1.31. The fraction of sp³-hybridized carbons (Fsp3) is 0.857. The van der Waals surface area contributed by atoms with Gasteiger partial charge in [-0.15, -0.1) is 0 Å². The first-order chi connectivity index (χ1) is 7.33. The lowest BCUT2D eigenvalue weighted by Crippen LogP contribution is -2.41. The Labute approximate surface area is 98.2 Å². The minimum atomic E-state index is -4.27. The van der Waals surface area contributed by atoms with E-state index < -0.39 is 22.4 Å². The van der Waals surface area contributed by atoms with E-state index in [0.29, 0.717) is 0 Å². The Balaban J connectivity index is 0. The minimum Gasteiger partial charge on any atom is -0.264 e. The molecular weight excluding hydrogens is 265 g/mol. The van der Waals surface area contributed by atoms with Crippen LogP contribution in [0.2, 0.25) is 0 Å². The van der Waals surface area contributed by atoms with Crippen LogP contribution in [0.25, 0.3) is 0 Å². The number of rotatable bonds is 1. The molecule has 0 aromatic rings. The Morgan fingerprint density at radius 3 is 1.59 bits per heavy atom. The molecule has 0 heterocycles. The molecule has 0 aliphatic rings. The lowest BCUT2D eigenvalue weighted by atomic mass is 10.5. The summed E-state index contributed by atoms with van der Waals surface area (Å²) in [5, 5.41) is 0. The SMILES string of the molecule is CN(C)C(=[N+](C)C)C(F)(F)F.COS(=O)(=O)O. The number of nitrogens with zero attached hydrogens (tertiary/aromatic N) is 2. The van der Waals surface area contributed by atoms with Crippen molar-refractivity contribution >= 4 is 16.2 Å². The fourth-order valence-electron chi connectivity index (χ4n) is 0.907. The molecule has 0 aliphatic heterocycles. The maximum absolute atomic E-state index is 12.1. The van der Waals surface area contributed by atoms with Crippen molar-refractivity contribution in [3.8, 4) is 0 Å². The van der Waals surface area contributed by atoms with Crippen LogP contribution in [0.5, 0.6) is 0 Å². The Morgan fingerprint density at radius 2 is 1.59 bits per heavy atom. The maximum Gasteiger partial charge on any atom is 0.494 e. The van der Waals surface area contributed by atoms with Gasteiger partial charge < -0.3 is 0 Å². The summed E-state index contributed by atoms with van der Waals surface area (Å²) >= 11 is 0. The van der Waals surface area contributed by atoms with Crippen molar-refractivity contribution in [2.24, 2.45) is 0 Å². The van der Waals surface area contributed by atoms with E-state index in [2.05, 4.69) is 4.18 Å². The molecule has 0 aromatic heterocycles. The van der Waals surface area contributed by atoms with E-state index in [1.165, 1.54) is 28.2 Å². The molecule has 0 aromatic carbocycles. The molecule has 0 fully saturated rings. The van der Waals surface area contributed by atoms with E-state index in [1.807, 2.05) is 0 Å². The van der Waals surface area contributed by atoms with Gasteiger partial charge in [0.25, 0.3) is 0 Å². The summed E-state index contributed by atoms with van der Waals surface area (Å²) in [6, 6.07) is 0. The van der Waals surface area contributed by atoms with Crippen LogP contribution >= 0.6 is 0 Å². The van der Waals surface area contributed by atoms with Gasteiger partial charge in [0.2, 0.25) is 0 Å². The van der Waals surface area contributed by atoms with Crippen LogP contribution in [0.3, 0.4) is 0 Å². The zero-order valence-electron chi connectivity index (χ0n) is 10.1. The van der Waals surface area contributed by atoms with Gasteiger partial charge in [-0.25, -0.2) is 0 Å². The minimum absolute atomic E-state index is 0.655. The van der Waals surface area contributed by atoms with Crippen molar-refractivity contribution in [3.05, 3.63) is 0 Å². The topological polar surface area (TPSA) is 69.8 Å². The van der Waals surface area contributed by atoms with Crippen molar-refractivity contribution < 1.29 is 34.9 Å². The molecule has 0 atom stereocenters.